The summed E-state index contributed by atoms with van der Waals surface area (Å²) in [6, 6.07) is 16.4. The molecular formula is C20H18ClN3O2. The summed E-state index contributed by atoms with van der Waals surface area (Å²) in [6.45, 7) is 1.97. The molecule has 0 atom stereocenters. The molecule has 0 spiro atoms. The van der Waals surface area contributed by atoms with E-state index in [4.69, 9.17) is 16.3 Å². The Morgan fingerprint density at radius 2 is 1.85 bits per heavy atom. The lowest BCUT2D eigenvalue weighted by Crippen LogP contribution is -2.13. The van der Waals surface area contributed by atoms with Crippen LogP contribution < -0.4 is 15.4 Å². The summed E-state index contributed by atoms with van der Waals surface area (Å²) in [4.78, 5) is 16.6. The van der Waals surface area contributed by atoms with Crippen LogP contribution in [0.4, 0.5) is 17.1 Å². The molecule has 3 aromatic rings. The van der Waals surface area contributed by atoms with E-state index in [1.54, 1.807) is 37.6 Å². The smallest absolute Gasteiger partial charge is 0.274 e. The molecule has 1 aromatic heterocycles. The summed E-state index contributed by atoms with van der Waals surface area (Å²) in [5.74, 6) is 0.331. The van der Waals surface area contributed by atoms with Crippen LogP contribution in [0.1, 0.15) is 16.1 Å². The Balaban J connectivity index is 1.75. The van der Waals surface area contributed by atoms with Crippen molar-refractivity contribution in [1.82, 2.24) is 4.98 Å². The highest BCUT2D eigenvalue weighted by atomic mass is 35.5. The molecule has 0 fully saturated rings. The number of nitrogens with one attached hydrogen (secondary N) is 2. The largest absolute Gasteiger partial charge is 0.495 e. The van der Waals surface area contributed by atoms with Crippen molar-refractivity contribution >= 4 is 34.6 Å². The van der Waals surface area contributed by atoms with E-state index in [1.165, 1.54) is 0 Å². The van der Waals surface area contributed by atoms with Gasteiger partial charge in [-0.25, -0.2) is 0 Å². The van der Waals surface area contributed by atoms with Gasteiger partial charge in [0.15, 0.2) is 0 Å². The highest BCUT2D eigenvalue weighted by Gasteiger charge is 2.09. The normalized spacial score (nSPS) is 10.3. The van der Waals surface area contributed by atoms with E-state index in [9.17, 15) is 4.79 Å². The molecule has 1 amide bonds. The van der Waals surface area contributed by atoms with E-state index < -0.39 is 0 Å². The van der Waals surface area contributed by atoms with E-state index in [0.717, 1.165) is 22.6 Å². The number of halogens is 1. The van der Waals surface area contributed by atoms with Gasteiger partial charge in [0.1, 0.15) is 11.4 Å². The maximum atomic E-state index is 12.4. The van der Waals surface area contributed by atoms with Gasteiger partial charge in [-0.1, -0.05) is 23.7 Å². The highest BCUT2D eigenvalue weighted by molar-refractivity contribution is 6.32. The van der Waals surface area contributed by atoms with Crippen LogP contribution in [0.3, 0.4) is 0 Å². The number of amides is 1. The number of benzene rings is 2. The number of carbonyl (C=O) groups excluding carboxylic acids is 1. The van der Waals surface area contributed by atoms with Gasteiger partial charge >= 0.3 is 0 Å². The van der Waals surface area contributed by atoms with Crippen LogP contribution in [0.2, 0.25) is 5.02 Å². The molecule has 6 heteroatoms. The molecule has 0 aliphatic carbocycles. The van der Waals surface area contributed by atoms with Gasteiger partial charge in [-0.05, 0) is 55.0 Å². The Kier molecular flexibility index (Phi) is 5.39. The first kappa shape index (κ1) is 17.8. The molecule has 0 aliphatic heterocycles. The van der Waals surface area contributed by atoms with Crippen LogP contribution in [0, 0.1) is 6.92 Å². The quantitative estimate of drug-likeness (QED) is 0.662. The molecule has 2 N–H and O–H groups in total. The number of carbonyl (C=O) groups is 1. The van der Waals surface area contributed by atoms with Crippen molar-refractivity contribution in [1.29, 1.82) is 0 Å². The number of methoxy groups -OCH3 is 1. The summed E-state index contributed by atoms with van der Waals surface area (Å²) in [6.07, 6.45) is 1.58. The Hall–Kier alpha value is -3.05. The predicted octanol–water partition coefficient (Wildman–Crippen LogP) is 5.05. The van der Waals surface area contributed by atoms with E-state index in [1.807, 2.05) is 37.3 Å². The van der Waals surface area contributed by atoms with Gasteiger partial charge in [0.25, 0.3) is 5.91 Å². The number of hydrogen-bond donors (Lipinski definition) is 2. The van der Waals surface area contributed by atoms with Crippen molar-refractivity contribution in [3.8, 4) is 5.75 Å². The average Bonchev–Trinajstić information content (AvgIpc) is 2.62. The SMILES string of the molecule is COc1ccc(Nc2ccnc(C(=O)Nc3cccc(C)c3)c2)cc1Cl. The van der Waals surface area contributed by atoms with Crippen molar-refractivity contribution in [2.75, 3.05) is 17.7 Å². The molecule has 0 bridgehead atoms. The summed E-state index contributed by atoms with van der Waals surface area (Å²) in [5.41, 5.74) is 3.64. The molecule has 0 saturated heterocycles. The second-order valence-electron chi connectivity index (χ2n) is 5.73. The molecule has 3 rings (SSSR count). The molecule has 26 heavy (non-hydrogen) atoms. The van der Waals surface area contributed by atoms with E-state index in [2.05, 4.69) is 15.6 Å². The van der Waals surface area contributed by atoms with E-state index in [-0.39, 0.29) is 5.91 Å². The van der Waals surface area contributed by atoms with Crippen LogP contribution in [-0.4, -0.2) is 18.0 Å². The zero-order chi connectivity index (χ0) is 18.5. The van der Waals surface area contributed by atoms with E-state index in [0.29, 0.717) is 16.5 Å². The first-order valence-corrected chi connectivity index (χ1v) is 8.37. The molecule has 1 heterocycles. The molecule has 5 nitrogen and oxygen atoms in total. The van der Waals surface area contributed by atoms with E-state index >= 15 is 0 Å². The van der Waals surface area contributed by atoms with Crippen molar-refractivity contribution in [2.24, 2.45) is 0 Å². The van der Waals surface area contributed by atoms with Crippen LogP contribution in [-0.2, 0) is 0 Å². The lowest BCUT2D eigenvalue weighted by Gasteiger charge is -2.10. The number of pyridine rings is 1. The minimum Gasteiger partial charge on any atom is -0.495 e. The van der Waals surface area contributed by atoms with Gasteiger partial charge in [0.05, 0.1) is 12.1 Å². The number of ether oxygens (including phenoxy) is 1. The fourth-order valence-corrected chi connectivity index (χ4v) is 2.72. The third kappa shape index (κ3) is 4.32. The Morgan fingerprint density at radius 3 is 2.58 bits per heavy atom. The topological polar surface area (TPSA) is 63.2 Å². The number of rotatable bonds is 5. The fourth-order valence-electron chi connectivity index (χ4n) is 2.46. The van der Waals surface area contributed by atoms with Crippen molar-refractivity contribution in [3.63, 3.8) is 0 Å². The second-order valence-corrected chi connectivity index (χ2v) is 6.13. The van der Waals surface area contributed by atoms with Crippen molar-refractivity contribution < 1.29 is 9.53 Å². The number of aryl methyl sites for hydroxylation is 1. The second kappa shape index (κ2) is 7.89. The minimum atomic E-state index is -0.271. The van der Waals surface area contributed by atoms with Gasteiger partial charge in [0.2, 0.25) is 0 Å². The third-order valence-electron chi connectivity index (χ3n) is 3.71. The lowest BCUT2D eigenvalue weighted by molar-refractivity contribution is 0.102. The van der Waals surface area contributed by atoms with Gasteiger partial charge in [0, 0.05) is 23.3 Å². The first-order chi connectivity index (χ1) is 12.5. The maximum Gasteiger partial charge on any atom is 0.274 e. The average molecular weight is 368 g/mol. The lowest BCUT2D eigenvalue weighted by atomic mass is 10.2. The Morgan fingerprint density at radius 1 is 1.04 bits per heavy atom. The summed E-state index contributed by atoms with van der Waals surface area (Å²) < 4.78 is 5.14. The molecular weight excluding hydrogens is 350 g/mol. The van der Waals surface area contributed by atoms with Gasteiger partial charge in [-0.3, -0.25) is 9.78 Å². The number of nitrogens with zero attached hydrogens (tertiary/aromatic N) is 1. The number of hydrogen-bond acceptors (Lipinski definition) is 4. The van der Waals surface area contributed by atoms with Crippen LogP contribution in [0.25, 0.3) is 0 Å². The zero-order valence-electron chi connectivity index (χ0n) is 14.4. The fraction of sp³-hybridized carbons (Fsp3) is 0.100. The summed E-state index contributed by atoms with van der Waals surface area (Å²) >= 11 is 6.14. The zero-order valence-corrected chi connectivity index (χ0v) is 15.2. The standard InChI is InChI=1S/C20H18ClN3O2/c1-13-4-3-5-14(10-13)24-20(25)18-12-16(8-9-22-18)23-15-6-7-19(26-2)17(21)11-15/h3-12H,1-2H3,(H,22,23)(H,24,25). The molecule has 0 unspecified atom stereocenters. The summed E-state index contributed by atoms with van der Waals surface area (Å²) in [7, 11) is 1.57. The Labute approximate surface area is 157 Å². The summed E-state index contributed by atoms with van der Waals surface area (Å²) in [5, 5.41) is 6.56. The highest BCUT2D eigenvalue weighted by Crippen LogP contribution is 2.28. The van der Waals surface area contributed by atoms with Gasteiger partial charge in [-0.2, -0.15) is 0 Å². The number of aromatic nitrogens is 1. The van der Waals surface area contributed by atoms with Crippen molar-refractivity contribution in [3.05, 3.63) is 77.1 Å². The van der Waals surface area contributed by atoms with Crippen LogP contribution in [0.5, 0.6) is 5.75 Å². The monoisotopic (exact) mass is 367 g/mol. The molecule has 132 valence electrons. The maximum absolute atomic E-state index is 12.4. The molecule has 0 radical (unpaired) electrons. The first-order valence-electron chi connectivity index (χ1n) is 8.00. The minimum absolute atomic E-state index is 0.271. The van der Waals surface area contributed by atoms with Crippen LogP contribution >= 0.6 is 11.6 Å². The van der Waals surface area contributed by atoms with Gasteiger partial charge < -0.3 is 15.4 Å². The predicted molar refractivity (Wildman–Crippen MR) is 105 cm³/mol. The molecule has 0 saturated carbocycles. The number of anilines is 3. The third-order valence-corrected chi connectivity index (χ3v) is 4.00. The Bertz CT molecular complexity index is 944. The molecule has 0 aliphatic rings. The molecule has 2 aromatic carbocycles. The van der Waals surface area contributed by atoms with Crippen LogP contribution in [0.15, 0.2) is 60.8 Å². The van der Waals surface area contributed by atoms with Gasteiger partial charge in [-0.15, -0.1) is 0 Å². The van der Waals surface area contributed by atoms with Crippen molar-refractivity contribution in [2.45, 2.75) is 6.92 Å².